The summed E-state index contributed by atoms with van der Waals surface area (Å²) in [7, 11) is 7.88. The van der Waals surface area contributed by atoms with Crippen molar-refractivity contribution in [1.82, 2.24) is 68.7 Å². The third-order valence-electron chi connectivity index (χ3n) is 15.9. The van der Waals surface area contributed by atoms with Crippen molar-refractivity contribution in [3.05, 3.63) is 118 Å². The van der Waals surface area contributed by atoms with Crippen molar-refractivity contribution in [2.24, 2.45) is 40.0 Å². The average molecular weight is 1030 g/mol. The molecule has 18 heteroatoms. The number of hydrogen-bond donors (Lipinski definition) is 2. The van der Waals surface area contributed by atoms with Crippen LogP contribution in [-0.4, -0.2) is 105 Å². The number of rotatable bonds is 10. The molecule has 396 valence electrons. The number of nitrogens with zero attached hydrogens (tertiary/aromatic N) is 14. The molecule has 2 fully saturated rings. The number of aliphatic hydroxyl groups is 2. The molecule has 2 saturated heterocycles. The van der Waals surface area contributed by atoms with E-state index >= 15 is 0 Å². The van der Waals surface area contributed by atoms with E-state index in [-0.39, 0.29) is 12.1 Å². The SMILES string of the molecule is Cc1cc(C(C2CCOCC2)n2c3cc(C(C)(C)O)ccc3c3ncc(-c4c(C)nnn4C)cc32)n(C)n1.Cc1cc(C(C2CCOCC2)n2c3cc(C(C)(C)O)ccc3c3ncc(-c4c(C)nnn4C)cc32)n(C)n1. The molecule has 0 saturated carbocycles. The zero-order chi connectivity index (χ0) is 53.5. The maximum Gasteiger partial charge on any atom is 0.0960 e. The van der Waals surface area contributed by atoms with Crippen molar-refractivity contribution < 1.29 is 19.7 Å². The summed E-state index contributed by atoms with van der Waals surface area (Å²) >= 11 is 0. The maximum absolute atomic E-state index is 10.9. The van der Waals surface area contributed by atoms with E-state index in [1.54, 1.807) is 9.36 Å². The molecule has 2 aromatic carbocycles. The maximum atomic E-state index is 10.9. The van der Waals surface area contributed by atoms with E-state index in [2.05, 4.69) is 78.3 Å². The molecule has 2 aliphatic heterocycles. The van der Waals surface area contributed by atoms with Gasteiger partial charge in [-0.05, 0) is 140 Å². The van der Waals surface area contributed by atoms with Gasteiger partial charge in [-0.25, -0.2) is 9.36 Å². The van der Waals surface area contributed by atoms with Crippen molar-refractivity contribution in [2.75, 3.05) is 26.4 Å². The first-order valence-electron chi connectivity index (χ1n) is 26.5. The number of ether oxygens (including phenoxy) is 2. The first kappa shape index (κ1) is 51.0. The number of aromatic nitrogens is 14. The molecule has 10 aromatic rings. The lowest BCUT2D eigenvalue weighted by atomic mass is 9.88. The van der Waals surface area contributed by atoms with E-state index in [1.165, 1.54) is 0 Å². The molecule has 0 radical (unpaired) electrons. The Morgan fingerprint density at radius 3 is 1.21 bits per heavy atom. The van der Waals surface area contributed by atoms with Crippen molar-refractivity contribution in [2.45, 2.75) is 104 Å². The molecule has 0 aliphatic carbocycles. The summed E-state index contributed by atoms with van der Waals surface area (Å²) in [5.74, 6) is 0.707. The number of hydrogen-bond acceptors (Lipinski definition) is 12. The largest absolute Gasteiger partial charge is 0.386 e. The smallest absolute Gasteiger partial charge is 0.0960 e. The van der Waals surface area contributed by atoms with Crippen LogP contribution in [0.1, 0.15) is 111 Å². The zero-order valence-electron chi connectivity index (χ0n) is 45.9. The van der Waals surface area contributed by atoms with E-state index in [0.29, 0.717) is 11.8 Å². The van der Waals surface area contributed by atoms with Gasteiger partial charge in [-0.15, -0.1) is 10.2 Å². The van der Waals surface area contributed by atoms with Gasteiger partial charge in [0, 0.05) is 88.9 Å². The molecular formula is C58H70N14O4. The van der Waals surface area contributed by atoms with Crippen LogP contribution < -0.4 is 0 Å². The molecule has 0 bridgehead atoms. The molecule has 2 aliphatic rings. The van der Waals surface area contributed by atoms with E-state index in [4.69, 9.17) is 29.6 Å². The summed E-state index contributed by atoms with van der Waals surface area (Å²) in [5, 5.41) is 50.4. The second-order valence-corrected chi connectivity index (χ2v) is 22.3. The molecule has 18 nitrogen and oxygen atoms in total. The first-order valence-corrected chi connectivity index (χ1v) is 26.5. The van der Waals surface area contributed by atoms with Gasteiger partial charge in [0.25, 0.3) is 0 Å². The van der Waals surface area contributed by atoms with Crippen molar-refractivity contribution in [1.29, 1.82) is 0 Å². The molecule has 12 rings (SSSR count). The molecule has 76 heavy (non-hydrogen) atoms. The van der Waals surface area contributed by atoms with Crippen LogP contribution in [0.25, 0.3) is 66.4 Å². The quantitative estimate of drug-likeness (QED) is 0.132. The fourth-order valence-electron chi connectivity index (χ4n) is 12.2. The topological polar surface area (TPSA) is 192 Å². The summed E-state index contributed by atoms with van der Waals surface area (Å²) in [6, 6.07) is 21.3. The lowest BCUT2D eigenvalue weighted by molar-refractivity contribution is 0.0542. The van der Waals surface area contributed by atoms with E-state index < -0.39 is 11.2 Å². The lowest BCUT2D eigenvalue weighted by Crippen LogP contribution is -2.28. The van der Waals surface area contributed by atoms with Gasteiger partial charge in [0.2, 0.25) is 0 Å². The van der Waals surface area contributed by atoms with Gasteiger partial charge in [0.05, 0.1) is 102 Å². The summed E-state index contributed by atoms with van der Waals surface area (Å²) in [6.45, 7) is 18.3. The highest BCUT2D eigenvalue weighted by Crippen LogP contribution is 2.44. The van der Waals surface area contributed by atoms with Crippen LogP contribution in [-0.2, 0) is 48.9 Å². The van der Waals surface area contributed by atoms with Crippen LogP contribution in [0.5, 0.6) is 0 Å². The van der Waals surface area contributed by atoms with Crippen molar-refractivity contribution in [3.63, 3.8) is 0 Å². The first-order chi connectivity index (χ1) is 36.3. The number of fused-ring (bicyclic) bond motifs is 6. The van der Waals surface area contributed by atoms with Crippen LogP contribution in [0.15, 0.2) is 73.1 Å². The monoisotopic (exact) mass is 1030 g/mol. The van der Waals surface area contributed by atoms with Crippen LogP contribution in [0.3, 0.4) is 0 Å². The molecule has 2 atom stereocenters. The number of pyridine rings is 2. The number of aryl methyl sites for hydroxylation is 8. The zero-order valence-corrected chi connectivity index (χ0v) is 45.9. The highest BCUT2D eigenvalue weighted by atomic mass is 16.5. The van der Waals surface area contributed by atoms with Crippen LogP contribution in [0.2, 0.25) is 0 Å². The minimum Gasteiger partial charge on any atom is -0.386 e. The van der Waals surface area contributed by atoms with Crippen LogP contribution in [0.4, 0.5) is 0 Å². The normalized spacial score (nSPS) is 16.1. The summed E-state index contributed by atoms with van der Waals surface area (Å²) in [5.41, 5.74) is 15.8. The van der Waals surface area contributed by atoms with Gasteiger partial charge >= 0.3 is 0 Å². The Labute approximate surface area is 442 Å². The lowest BCUT2D eigenvalue weighted by Gasteiger charge is -2.33. The minimum atomic E-state index is -0.969. The third-order valence-corrected chi connectivity index (χ3v) is 15.9. The van der Waals surface area contributed by atoms with Gasteiger partial charge in [0.15, 0.2) is 0 Å². The second-order valence-electron chi connectivity index (χ2n) is 22.3. The number of benzene rings is 2. The van der Waals surface area contributed by atoms with Crippen LogP contribution in [0, 0.1) is 39.5 Å². The van der Waals surface area contributed by atoms with Crippen molar-refractivity contribution in [3.8, 4) is 22.5 Å². The molecule has 0 spiro atoms. The Morgan fingerprint density at radius 2 is 0.895 bits per heavy atom. The summed E-state index contributed by atoms with van der Waals surface area (Å²) in [6.07, 6.45) is 7.66. The Kier molecular flexibility index (Phi) is 13.1. The molecule has 0 amide bonds. The second kappa shape index (κ2) is 19.5. The average Bonchev–Trinajstić information content (AvgIpc) is 4.27. The molecule has 10 heterocycles. The van der Waals surface area contributed by atoms with Gasteiger partial charge in [-0.1, -0.05) is 34.7 Å². The standard InChI is InChI=1S/2C29H35N7O2/c2*1-17-13-25(34(5)32-17)28(19-9-11-38-12-10-19)36-23-15-21(29(3,4)37)7-8-22(23)26-24(36)14-20(16-30-26)27-18(2)31-33-35(27)6/h2*7-8,13-16,19,28,37H,9-12H2,1-6H3. The fraction of sp³-hybridized carbons (Fsp3) is 0.448. The fourth-order valence-corrected chi connectivity index (χ4v) is 12.2. The molecular weight excluding hydrogens is 957 g/mol. The molecule has 2 unspecified atom stereocenters. The highest BCUT2D eigenvalue weighted by molar-refractivity contribution is 6.08. The Balaban J connectivity index is 0.000000162. The van der Waals surface area contributed by atoms with Crippen molar-refractivity contribution >= 4 is 43.9 Å². The van der Waals surface area contributed by atoms with E-state index in [9.17, 15) is 10.2 Å². The highest BCUT2D eigenvalue weighted by Gasteiger charge is 2.35. The molecule has 8 aromatic heterocycles. The Morgan fingerprint density at radius 1 is 0.513 bits per heavy atom. The Hall–Kier alpha value is -7.12. The molecule has 2 N–H and O–H groups in total. The third kappa shape index (κ3) is 9.07. The van der Waals surface area contributed by atoms with E-state index in [0.717, 1.165) is 164 Å². The summed E-state index contributed by atoms with van der Waals surface area (Å²) < 4.78 is 24.1. The minimum absolute atomic E-state index is 0.0185. The predicted octanol–water partition coefficient (Wildman–Crippen LogP) is 9.16. The predicted molar refractivity (Wildman–Crippen MR) is 294 cm³/mol. The van der Waals surface area contributed by atoms with E-state index in [1.807, 2.05) is 117 Å². The van der Waals surface area contributed by atoms with Gasteiger partial charge in [-0.3, -0.25) is 19.3 Å². The summed E-state index contributed by atoms with van der Waals surface area (Å²) in [4.78, 5) is 10.0. The van der Waals surface area contributed by atoms with Gasteiger partial charge in [-0.2, -0.15) is 10.2 Å². The van der Waals surface area contributed by atoms with Gasteiger partial charge in [0.1, 0.15) is 0 Å². The van der Waals surface area contributed by atoms with Crippen LogP contribution >= 0.6 is 0 Å². The van der Waals surface area contributed by atoms with Gasteiger partial charge < -0.3 is 28.8 Å². The Bertz CT molecular complexity index is 3500.